The van der Waals surface area contributed by atoms with Crippen LogP contribution in [0.1, 0.15) is 47.4 Å². The molecule has 1 aromatic carbocycles. The Balaban J connectivity index is 2.11. The van der Waals surface area contributed by atoms with Crippen molar-refractivity contribution in [3.63, 3.8) is 0 Å². The van der Waals surface area contributed by atoms with E-state index in [1.807, 2.05) is 13.8 Å². The van der Waals surface area contributed by atoms with Gasteiger partial charge in [-0.3, -0.25) is 4.79 Å². The van der Waals surface area contributed by atoms with Gasteiger partial charge in [-0.25, -0.2) is 4.79 Å². The number of nitrogens with zero attached hydrogens (tertiary/aromatic N) is 1. The second-order valence-corrected chi connectivity index (χ2v) is 5.56. The molecular formula is C16H21NO4. The third-order valence-corrected chi connectivity index (χ3v) is 3.62. The van der Waals surface area contributed by atoms with E-state index in [2.05, 4.69) is 0 Å². The van der Waals surface area contributed by atoms with Crippen molar-refractivity contribution >= 4 is 11.9 Å². The highest BCUT2D eigenvalue weighted by Gasteiger charge is 2.29. The molecule has 1 fully saturated rings. The van der Waals surface area contributed by atoms with Crippen LogP contribution in [0.25, 0.3) is 0 Å². The Morgan fingerprint density at radius 2 is 2.10 bits per heavy atom. The fourth-order valence-corrected chi connectivity index (χ4v) is 2.53. The first-order chi connectivity index (χ1) is 9.99. The van der Waals surface area contributed by atoms with Gasteiger partial charge in [-0.2, -0.15) is 0 Å². The number of rotatable bonds is 5. The summed E-state index contributed by atoms with van der Waals surface area (Å²) in [6.07, 6.45) is 2.02. The van der Waals surface area contributed by atoms with Crippen molar-refractivity contribution in [1.82, 2.24) is 4.90 Å². The number of likely N-dealkylation sites (tertiary alicyclic amines) is 1. The van der Waals surface area contributed by atoms with Gasteiger partial charge in [0, 0.05) is 12.1 Å². The third-order valence-electron chi connectivity index (χ3n) is 3.62. The predicted molar refractivity (Wildman–Crippen MR) is 78.5 cm³/mol. The molecule has 1 N–H and O–H groups in total. The summed E-state index contributed by atoms with van der Waals surface area (Å²) in [5, 5.41) is 9.01. The Morgan fingerprint density at radius 1 is 1.38 bits per heavy atom. The molecule has 21 heavy (non-hydrogen) atoms. The van der Waals surface area contributed by atoms with Gasteiger partial charge in [0.2, 0.25) is 0 Å². The summed E-state index contributed by atoms with van der Waals surface area (Å²) in [6.45, 7) is 5.17. The number of hydrogen-bond acceptors (Lipinski definition) is 3. The van der Waals surface area contributed by atoms with Gasteiger partial charge in [0.25, 0.3) is 5.91 Å². The molecule has 5 nitrogen and oxygen atoms in total. The normalized spacial score (nSPS) is 18.2. The van der Waals surface area contributed by atoms with Crippen LogP contribution in [0, 0.1) is 0 Å². The summed E-state index contributed by atoms with van der Waals surface area (Å²) in [5.74, 6) is -1.14. The van der Waals surface area contributed by atoms with Crippen LogP contribution >= 0.6 is 0 Å². The van der Waals surface area contributed by atoms with E-state index < -0.39 is 5.97 Å². The molecule has 114 valence electrons. The molecule has 5 heteroatoms. The number of hydrogen-bond donors (Lipinski definition) is 1. The van der Waals surface area contributed by atoms with Crippen molar-refractivity contribution in [3.8, 4) is 0 Å². The molecule has 2 rings (SSSR count). The molecule has 1 aliphatic rings. The molecule has 1 saturated heterocycles. The van der Waals surface area contributed by atoms with E-state index in [-0.39, 0.29) is 23.6 Å². The van der Waals surface area contributed by atoms with Crippen LogP contribution < -0.4 is 0 Å². The Hall–Kier alpha value is -1.88. The monoisotopic (exact) mass is 291 g/mol. The summed E-state index contributed by atoms with van der Waals surface area (Å²) >= 11 is 0. The zero-order valence-corrected chi connectivity index (χ0v) is 12.4. The molecule has 1 atom stereocenters. The lowest BCUT2D eigenvalue weighted by Crippen LogP contribution is -2.38. The summed E-state index contributed by atoms with van der Waals surface area (Å²) in [4.78, 5) is 25.3. The lowest BCUT2D eigenvalue weighted by molar-refractivity contribution is 0.0326. The minimum atomic E-state index is -1.02. The number of benzene rings is 1. The maximum atomic E-state index is 12.6. The van der Waals surface area contributed by atoms with Crippen molar-refractivity contribution in [1.29, 1.82) is 0 Å². The summed E-state index contributed by atoms with van der Waals surface area (Å²) in [7, 11) is 0. The third kappa shape index (κ3) is 3.82. The van der Waals surface area contributed by atoms with Crippen LogP contribution in [0.2, 0.25) is 0 Å². The van der Waals surface area contributed by atoms with E-state index in [0.29, 0.717) is 18.7 Å². The molecule has 1 aliphatic heterocycles. The van der Waals surface area contributed by atoms with Crippen molar-refractivity contribution in [2.75, 3.05) is 13.2 Å². The first kappa shape index (κ1) is 15.5. The number of carboxylic acid groups (broad SMARTS) is 1. The summed E-state index contributed by atoms with van der Waals surface area (Å²) < 4.78 is 5.62. The highest BCUT2D eigenvalue weighted by atomic mass is 16.5. The van der Waals surface area contributed by atoms with Crippen LogP contribution in [-0.4, -0.2) is 47.2 Å². The van der Waals surface area contributed by atoms with Gasteiger partial charge in [0.15, 0.2) is 0 Å². The van der Waals surface area contributed by atoms with Crippen molar-refractivity contribution in [2.24, 2.45) is 0 Å². The Labute approximate surface area is 124 Å². The first-order valence-electron chi connectivity index (χ1n) is 7.25. The minimum Gasteiger partial charge on any atom is -0.478 e. The fourth-order valence-electron chi connectivity index (χ4n) is 2.53. The number of aromatic carboxylic acids is 1. The maximum absolute atomic E-state index is 12.6. The van der Waals surface area contributed by atoms with Gasteiger partial charge in [0.1, 0.15) is 0 Å². The maximum Gasteiger partial charge on any atom is 0.335 e. The average Bonchev–Trinajstić information content (AvgIpc) is 2.92. The lowest BCUT2D eigenvalue weighted by atomic mass is 10.1. The van der Waals surface area contributed by atoms with Crippen LogP contribution in [0.3, 0.4) is 0 Å². The van der Waals surface area contributed by atoms with Crippen molar-refractivity contribution in [2.45, 2.75) is 38.8 Å². The quantitative estimate of drug-likeness (QED) is 0.904. The zero-order valence-electron chi connectivity index (χ0n) is 12.4. The largest absolute Gasteiger partial charge is 0.478 e. The van der Waals surface area contributed by atoms with Gasteiger partial charge in [-0.1, -0.05) is 6.07 Å². The number of carbonyl (C=O) groups excluding carboxylic acids is 1. The van der Waals surface area contributed by atoms with E-state index in [1.165, 1.54) is 12.1 Å². The zero-order chi connectivity index (χ0) is 15.4. The van der Waals surface area contributed by atoms with Crippen LogP contribution in [0.4, 0.5) is 0 Å². The van der Waals surface area contributed by atoms with Gasteiger partial charge in [-0.05, 0) is 44.9 Å². The molecule has 0 spiro atoms. The molecule has 0 aliphatic carbocycles. The predicted octanol–water partition coefficient (Wildman–Crippen LogP) is 2.41. The Morgan fingerprint density at radius 3 is 2.76 bits per heavy atom. The fraction of sp³-hybridized carbons (Fsp3) is 0.500. The van der Waals surface area contributed by atoms with E-state index in [4.69, 9.17) is 9.84 Å². The van der Waals surface area contributed by atoms with Gasteiger partial charge in [0.05, 0.1) is 24.3 Å². The van der Waals surface area contributed by atoms with Crippen LogP contribution in [0.5, 0.6) is 0 Å². The molecule has 0 bridgehead atoms. The van der Waals surface area contributed by atoms with E-state index >= 15 is 0 Å². The Bertz CT molecular complexity index is 527. The van der Waals surface area contributed by atoms with Crippen LogP contribution in [-0.2, 0) is 4.74 Å². The number of carbonyl (C=O) groups is 2. The molecule has 0 saturated carbocycles. The van der Waals surface area contributed by atoms with E-state index in [1.54, 1.807) is 17.0 Å². The second-order valence-electron chi connectivity index (χ2n) is 5.56. The van der Waals surface area contributed by atoms with Gasteiger partial charge in [-0.15, -0.1) is 0 Å². The smallest absolute Gasteiger partial charge is 0.335 e. The van der Waals surface area contributed by atoms with Gasteiger partial charge < -0.3 is 14.7 Å². The number of ether oxygens (including phenoxy) is 1. The molecule has 0 radical (unpaired) electrons. The van der Waals surface area contributed by atoms with Crippen molar-refractivity contribution < 1.29 is 19.4 Å². The minimum absolute atomic E-state index is 0.0772. The van der Waals surface area contributed by atoms with E-state index in [0.717, 1.165) is 12.8 Å². The van der Waals surface area contributed by atoms with Crippen LogP contribution in [0.15, 0.2) is 24.3 Å². The highest BCUT2D eigenvalue weighted by Crippen LogP contribution is 2.21. The van der Waals surface area contributed by atoms with Crippen molar-refractivity contribution in [3.05, 3.63) is 35.4 Å². The topological polar surface area (TPSA) is 66.8 Å². The number of carboxylic acids is 1. The highest BCUT2D eigenvalue weighted by molar-refractivity contribution is 5.97. The first-order valence-corrected chi connectivity index (χ1v) is 7.25. The average molecular weight is 291 g/mol. The number of amides is 1. The Kier molecular flexibility index (Phi) is 4.96. The van der Waals surface area contributed by atoms with Gasteiger partial charge >= 0.3 is 5.97 Å². The van der Waals surface area contributed by atoms with E-state index in [9.17, 15) is 9.59 Å². The molecular weight excluding hydrogens is 270 g/mol. The molecule has 1 heterocycles. The summed E-state index contributed by atoms with van der Waals surface area (Å²) in [5.41, 5.74) is 0.557. The lowest BCUT2D eigenvalue weighted by Gasteiger charge is -2.25. The molecule has 1 aromatic rings. The SMILES string of the molecule is CC(C)OC[C@H]1CCCN1C(=O)c1cccc(C(=O)O)c1. The molecule has 0 aromatic heterocycles. The summed E-state index contributed by atoms with van der Waals surface area (Å²) in [6, 6.07) is 6.26. The molecule has 1 amide bonds. The molecule has 0 unspecified atom stereocenters. The standard InChI is InChI=1S/C16H21NO4/c1-11(2)21-10-14-7-4-8-17(14)15(18)12-5-3-6-13(9-12)16(19)20/h3,5-6,9,11,14H,4,7-8,10H2,1-2H3,(H,19,20)/t14-/m1/s1. The second kappa shape index (κ2) is 6.72.